The first-order chi connectivity index (χ1) is 9.24. The van der Waals surface area contributed by atoms with Gasteiger partial charge in [0, 0.05) is 12.6 Å². The normalized spacial score (nSPS) is 19.6. The molecule has 0 unspecified atom stereocenters. The van der Waals surface area contributed by atoms with Crippen LogP contribution in [0.15, 0.2) is 24.3 Å². The summed E-state index contributed by atoms with van der Waals surface area (Å²) >= 11 is 0. The molecule has 0 spiro atoms. The van der Waals surface area contributed by atoms with Crippen LogP contribution in [0.25, 0.3) is 0 Å². The monoisotopic (exact) mass is 261 g/mol. The molecule has 0 fully saturated rings. The Hall–Kier alpha value is -1.35. The maximum atomic E-state index is 12.1. The summed E-state index contributed by atoms with van der Waals surface area (Å²) in [6.45, 7) is 4.49. The SMILES string of the molecule is CCO[C@@H](CC)C(=O)N[C@H]1CCc2ccccc2C1. The van der Waals surface area contributed by atoms with Crippen LogP contribution >= 0.6 is 0 Å². The fourth-order valence-corrected chi connectivity index (χ4v) is 2.70. The van der Waals surface area contributed by atoms with E-state index in [1.54, 1.807) is 0 Å². The highest BCUT2D eigenvalue weighted by Gasteiger charge is 2.23. The van der Waals surface area contributed by atoms with Gasteiger partial charge in [-0.3, -0.25) is 4.79 Å². The molecule has 3 heteroatoms. The molecule has 0 bridgehead atoms. The Morgan fingerprint density at radius 2 is 2.11 bits per heavy atom. The molecule has 0 saturated heterocycles. The van der Waals surface area contributed by atoms with Gasteiger partial charge in [-0.15, -0.1) is 0 Å². The Morgan fingerprint density at radius 3 is 2.79 bits per heavy atom. The zero-order chi connectivity index (χ0) is 13.7. The molecule has 19 heavy (non-hydrogen) atoms. The third kappa shape index (κ3) is 3.57. The fraction of sp³-hybridized carbons (Fsp3) is 0.562. The molecule has 0 radical (unpaired) electrons. The molecular formula is C16H23NO2. The smallest absolute Gasteiger partial charge is 0.249 e. The van der Waals surface area contributed by atoms with Crippen LogP contribution in [-0.4, -0.2) is 24.7 Å². The third-order valence-electron chi connectivity index (χ3n) is 3.72. The lowest BCUT2D eigenvalue weighted by atomic mass is 9.88. The number of carbonyl (C=O) groups is 1. The van der Waals surface area contributed by atoms with Crippen molar-refractivity contribution in [1.82, 2.24) is 5.32 Å². The van der Waals surface area contributed by atoms with Crippen LogP contribution in [0.5, 0.6) is 0 Å². The van der Waals surface area contributed by atoms with E-state index in [0.29, 0.717) is 6.61 Å². The number of fused-ring (bicyclic) bond motifs is 1. The molecule has 2 atom stereocenters. The topological polar surface area (TPSA) is 38.3 Å². The fourth-order valence-electron chi connectivity index (χ4n) is 2.70. The maximum absolute atomic E-state index is 12.1. The quantitative estimate of drug-likeness (QED) is 0.884. The van der Waals surface area contributed by atoms with Crippen LogP contribution in [-0.2, 0) is 22.4 Å². The molecule has 1 amide bonds. The molecule has 1 aromatic rings. The number of hydrogen-bond acceptors (Lipinski definition) is 2. The van der Waals surface area contributed by atoms with Crippen molar-refractivity contribution in [1.29, 1.82) is 0 Å². The average Bonchev–Trinajstić information content (AvgIpc) is 2.44. The van der Waals surface area contributed by atoms with E-state index >= 15 is 0 Å². The minimum absolute atomic E-state index is 0.0359. The molecule has 3 nitrogen and oxygen atoms in total. The Bertz CT molecular complexity index is 431. The zero-order valence-electron chi connectivity index (χ0n) is 11.8. The lowest BCUT2D eigenvalue weighted by molar-refractivity contribution is -0.133. The lowest BCUT2D eigenvalue weighted by Crippen LogP contribution is -2.44. The van der Waals surface area contributed by atoms with Crippen LogP contribution in [0.2, 0.25) is 0 Å². The van der Waals surface area contributed by atoms with Crippen molar-refractivity contribution in [2.45, 2.75) is 51.7 Å². The van der Waals surface area contributed by atoms with Gasteiger partial charge in [-0.25, -0.2) is 0 Å². The largest absolute Gasteiger partial charge is 0.369 e. The van der Waals surface area contributed by atoms with E-state index in [1.165, 1.54) is 11.1 Å². The highest BCUT2D eigenvalue weighted by molar-refractivity contribution is 5.81. The molecule has 0 aliphatic heterocycles. The van der Waals surface area contributed by atoms with Gasteiger partial charge in [0.1, 0.15) is 6.10 Å². The first kappa shape index (κ1) is 14.1. The summed E-state index contributed by atoms with van der Waals surface area (Å²) in [5.74, 6) is 0.0359. The van der Waals surface area contributed by atoms with Gasteiger partial charge in [0.2, 0.25) is 5.91 Å². The van der Waals surface area contributed by atoms with Crippen LogP contribution in [0, 0.1) is 0 Å². The highest BCUT2D eigenvalue weighted by atomic mass is 16.5. The summed E-state index contributed by atoms with van der Waals surface area (Å²) in [4.78, 5) is 12.1. The number of carbonyl (C=O) groups excluding carboxylic acids is 1. The molecule has 1 aromatic carbocycles. The van der Waals surface area contributed by atoms with E-state index in [2.05, 4.69) is 29.6 Å². The zero-order valence-corrected chi connectivity index (χ0v) is 11.8. The number of benzene rings is 1. The van der Waals surface area contributed by atoms with Gasteiger partial charge in [0.05, 0.1) is 0 Å². The molecule has 0 saturated carbocycles. The van der Waals surface area contributed by atoms with E-state index < -0.39 is 0 Å². The van der Waals surface area contributed by atoms with Crippen molar-refractivity contribution in [3.8, 4) is 0 Å². The number of ether oxygens (including phenoxy) is 1. The Morgan fingerprint density at radius 1 is 1.37 bits per heavy atom. The molecule has 104 valence electrons. The minimum Gasteiger partial charge on any atom is -0.369 e. The van der Waals surface area contributed by atoms with E-state index in [0.717, 1.165) is 25.7 Å². The number of amides is 1. The van der Waals surface area contributed by atoms with Gasteiger partial charge >= 0.3 is 0 Å². The summed E-state index contributed by atoms with van der Waals surface area (Å²) in [5, 5.41) is 3.13. The van der Waals surface area contributed by atoms with Gasteiger partial charge in [0.25, 0.3) is 0 Å². The summed E-state index contributed by atoms with van der Waals surface area (Å²) < 4.78 is 5.45. The molecule has 1 N–H and O–H groups in total. The standard InChI is InChI=1S/C16H23NO2/c1-3-15(19-4-2)16(18)17-14-10-9-12-7-5-6-8-13(12)11-14/h5-8,14-15H,3-4,9-11H2,1-2H3,(H,17,18)/t14-,15-/m0/s1. The first-order valence-corrected chi connectivity index (χ1v) is 7.23. The Kier molecular flexibility index (Phi) is 4.97. The molecule has 1 aliphatic carbocycles. The van der Waals surface area contributed by atoms with Crippen LogP contribution in [0.3, 0.4) is 0 Å². The first-order valence-electron chi connectivity index (χ1n) is 7.23. The summed E-state index contributed by atoms with van der Waals surface area (Å²) in [5.41, 5.74) is 2.79. The molecule has 0 aromatic heterocycles. The van der Waals surface area contributed by atoms with Gasteiger partial charge in [-0.2, -0.15) is 0 Å². The second-order valence-corrected chi connectivity index (χ2v) is 5.07. The molecule has 2 rings (SSSR count). The van der Waals surface area contributed by atoms with Crippen molar-refractivity contribution in [2.75, 3.05) is 6.61 Å². The van der Waals surface area contributed by atoms with Gasteiger partial charge in [-0.1, -0.05) is 31.2 Å². The molecule has 0 heterocycles. The Balaban J connectivity index is 1.93. The van der Waals surface area contributed by atoms with Crippen LogP contribution in [0.1, 0.15) is 37.8 Å². The maximum Gasteiger partial charge on any atom is 0.249 e. The van der Waals surface area contributed by atoms with Crippen molar-refractivity contribution < 1.29 is 9.53 Å². The predicted molar refractivity (Wildman–Crippen MR) is 76.1 cm³/mol. The van der Waals surface area contributed by atoms with E-state index in [1.807, 2.05) is 13.8 Å². The Labute approximate surface area is 115 Å². The second kappa shape index (κ2) is 6.71. The highest BCUT2D eigenvalue weighted by Crippen LogP contribution is 2.21. The van der Waals surface area contributed by atoms with Gasteiger partial charge in [0.15, 0.2) is 0 Å². The predicted octanol–water partition coefficient (Wildman–Crippen LogP) is 2.48. The van der Waals surface area contributed by atoms with Gasteiger partial charge < -0.3 is 10.1 Å². The second-order valence-electron chi connectivity index (χ2n) is 5.07. The van der Waals surface area contributed by atoms with Gasteiger partial charge in [-0.05, 0) is 43.7 Å². The van der Waals surface area contributed by atoms with Crippen molar-refractivity contribution in [3.05, 3.63) is 35.4 Å². The van der Waals surface area contributed by atoms with Crippen LogP contribution < -0.4 is 5.32 Å². The van der Waals surface area contributed by atoms with Crippen molar-refractivity contribution in [3.63, 3.8) is 0 Å². The molecular weight excluding hydrogens is 238 g/mol. The van der Waals surface area contributed by atoms with Crippen molar-refractivity contribution >= 4 is 5.91 Å². The number of nitrogens with one attached hydrogen (secondary N) is 1. The minimum atomic E-state index is -0.304. The molecule has 1 aliphatic rings. The number of hydrogen-bond donors (Lipinski definition) is 1. The van der Waals surface area contributed by atoms with Crippen LogP contribution in [0.4, 0.5) is 0 Å². The number of rotatable bonds is 5. The average molecular weight is 261 g/mol. The summed E-state index contributed by atoms with van der Waals surface area (Å²) in [6.07, 6.45) is 3.42. The van der Waals surface area contributed by atoms with E-state index in [4.69, 9.17) is 4.74 Å². The van der Waals surface area contributed by atoms with E-state index in [9.17, 15) is 4.79 Å². The van der Waals surface area contributed by atoms with Crippen molar-refractivity contribution in [2.24, 2.45) is 0 Å². The lowest BCUT2D eigenvalue weighted by Gasteiger charge is -2.27. The summed E-state index contributed by atoms with van der Waals surface area (Å²) in [6, 6.07) is 8.74. The summed E-state index contributed by atoms with van der Waals surface area (Å²) in [7, 11) is 0. The third-order valence-corrected chi connectivity index (χ3v) is 3.72. The van der Waals surface area contributed by atoms with E-state index in [-0.39, 0.29) is 18.1 Å². The number of aryl methyl sites for hydroxylation is 1.